The fourth-order valence-electron chi connectivity index (χ4n) is 2.49. The van der Waals surface area contributed by atoms with Crippen LogP contribution in [0.1, 0.15) is 36.5 Å². The number of nitrogens with one attached hydrogen (secondary N) is 2. The van der Waals surface area contributed by atoms with Crippen molar-refractivity contribution in [2.75, 3.05) is 5.73 Å². The Morgan fingerprint density at radius 1 is 1.28 bits per heavy atom. The fraction of sp³-hybridized carbons (Fsp3) is 0.278. The van der Waals surface area contributed by atoms with Gasteiger partial charge in [0.2, 0.25) is 11.9 Å². The lowest BCUT2D eigenvalue weighted by Gasteiger charge is -2.10. The molecule has 0 aliphatic rings. The predicted octanol–water partition coefficient (Wildman–Crippen LogP) is 2.77. The van der Waals surface area contributed by atoms with Gasteiger partial charge in [-0.2, -0.15) is 4.98 Å². The van der Waals surface area contributed by atoms with Gasteiger partial charge in [0.25, 0.3) is 0 Å². The maximum atomic E-state index is 12.1. The Morgan fingerprint density at radius 2 is 2.04 bits per heavy atom. The van der Waals surface area contributed by atoms with E-state index in [1.54, 1.807) is 0 Å². The van der Waals surface area contributed by atoms with Gasteiger partial charge in [0.15, 0.2) is 0 Å². The Morgan fingerprint density at radius 3 is 2.72 bits per heavy atom. The van der Waals surface area contributed by atoms with E-state index in [2.05, 4.69) is 20.5 Å². The summed E-state index contributed by atoms with van der Waals surface area (Å²) in [6.45, 7) is 3.87. The Hall–Kier alpha value is -3.09. The van der Waals surface area contributed by atoms with Gasteiger partial charge in [0.05, 0.1) is 6.04 Å². The third kappa shape index (κ3) is 4.26. The van der Waals surface area contributed by atoms with Crippen LogP contribution in [0.15, 0.2) is 40.8 Å². The smallest absolute Gasteiger partial charge is 0.239 e. The summed E-state index contributed by atoms with van der Waals surface area (Å²) in [5.41, 5.74) is 7.69. The minimum Gasteiger partial charge on any atom is -0.461 e. The number of carbonyl (C=O) groups excluding carboxylic acids is 1. The SMILES string of the molecule is Cc1ccc(-c2ccc(CCC(=O)NC(C)c3nc(N)n[nH]3)o2)cc1. The van der Waals surface area contributed by atoms with Gasteiger partial charge in [-0.25, -0.2) is 0 Å². The molecule has 0 spiro atoms. The summed E-state index contributed by atoms with van der Waals surface area (Å²) in [6.07, 6.45) is 0.859. The Kier molecular flexibility index (Phi) is 4.83. The number of amides is 1. The normalized spacial score (nSPS) is 12.1. The van der Waals surface area contributed by atoms with E-state index >= 15 is 0 Å². The average molecular weight is 339 g/mol. The number of rotatable bonds is 6. The first kappa shape index (κ1) is 16.8. The number of nitrogens with two attached hydrogens (primary N) is 1. The Labute approximate surface area is 145 Å². The van der Waals surface area contributed by atoms with Crippen LogP contribution in [0.2, 0.25) is 0 Å². The van der Waals surface area contributed by atoms with Crippen molar-refractivity contribution in [3.8, 4) is 11.3 Å². The zero-order chi connectivity index (χ0) is 17.8. The molecule has 0 saturated heterocycles. The van der Waals surface area contributed by atoms with Crippen molar-refractivity contribution in [3.63, 3.8) is 0 Å². The molecule has 0 aliphatic heterocycles. The standard InChI is InChI=1S/C18H21N5O2/c1-11-3-5-13(6-4-11)15-9-7-14(25-15)8-10-16(24)20-12(2)17-21-18(19)23-22-17/h3-7,9,12H,8,10H2,1-2H3,(H,20,24)(H3,19,21,22,23). The van der Waals surface area contributed by atoms with E-state index in [9.17, 15) is 4.79 Å². The summed E-state index contributed by atoms with van der Waals surface area (Å²) in [5.74, 6) is 2.19. The number of furan rings is 1. The molecule has 25 heavy (non-hydrogen) atoms. The molecule has 0 saturated carbocycles. The van der Waals surface area contributed by atoms with Gasteiger partial charge in [0.1, 0.15) is 17.3 Å². The minimum atomic E-state index is -0.281. The predicted molar refractivity (Wildman–Crippen MR) is 94.6 cm³/mol. The van der Waals surface area contributed by atoms with E-state index in [-0.39, 0.29) is 17.9 Å². The number of carbonyl (C=O) groups is 1. The number of nitrogens with zero attached hydrogens (tertiary/aromatic N) is 2. The van der Waals surface area contributed by atoms with Crippen LogP contribution in [0.25, 0.3) is 11.3 Å². The van der Waals surface area contributed by atoms with Gasteiger partial charge in [-0.05, 0) is 26.0 Å². The summed E-state index contributed by atoms with van der Waals surface area (Å²) in [6, 6.07) is 11.7. The average Bonchev–Trinajstić information content (AvgIpc) is 3.23. The second-order valence-corrected chi connectivity index (χ2v) is 6.00. The van der Waals surface area contributed by atoms with E-state index in [4.69, 9.17) is 10.2 Å². The highest BCUT2D eigenvalue weighted by molar-refractivity contribution is 5.76. The number of H-pyrrole nitrogens is 1. The summed E-state index contributed by atoms with van der Waals surface area (Å²) in [4.78, 5) is 16.1. The summed E-state index contributed by atoms with van der Waals surface area (Å²) < 4.78 is 5.83. The van der Waals surface area contributed by atoms with Gasteiger partial charge in [-0.15, -0.1) is 5.10 Å². The second kappa shape index (κ2) is 7.21. The molecule has 2 heterocycles. The molecule has 0 bridgehead atoms. The maximum Gasteiger partial charge on any atom is 0.239 e. The highest BCUT2D eigenvalue weighted by Gasteiger charge is 2.14. The van der Waals surface area contributed by atoms with Crippen molar-refractivity contribution in [2.24, 2.45) is 0 Å². The monoisotopic (exact) mass is 339 g/mol. The largest absolute Gasteiger partial charge is 0.461 e. The second-order valence-electron chi connectivity index (χ2n) is 6.00. The molecule has 1 atom stereocenters. The van der Waals surface area contributed by atoms with Crippen LogP contribution in [-0.4, -0.2) is 21.1 Å². The number of aromatic amines is 1. The molecule has 0 radical (unpaired) electrons. The minimum absolute atomic E-state index is 0.0873. The Balaban J connectivity index is 1.53. The van der Waals surface area contributed by atoms with Crippen molar-refractivity contribution in [1.29, 1.82) is 0 Å². The molecule has 130 valence electrons. The van der Waals surface area contributed by atoms with Gasteiger partial charge in [0, 0.05) is 18.4 Å². The number of aromatic nitrogens is 3. The van der Waals surface area contributed by atoms with E-state index in [0.29, 0.717) is 18.7 Å². The number of hydrogen-bond acceptors (Lipinski definition) is 5. The molecule has 2 aromatic heterocycles. The van der Waals surface area contributed by atoms with Crippen LogP contribution in [0.3, 0.4) is 0 Å². The molecule has 1 amide bonds. The molecule has 0 aliphatic carbocycles. The lowest BCUT2D eigenvalue weighted by Crippen LogP contribution is -2.27. The van der Waals surface area contributed by atoms with Crippen molar-refractivity contribution >= 4 is 11.9 Å². The number of benzene rings is 1. The topological polar surface area (TPSA) is 110 Å². The molecular weight excluding hydrogens is 318 g/mol. The first-order valence-electron chi connectivity index (χ1n) is 8.14. The Bertz CT molecular complexity index is 850. The highest BCUT2D eigenvalue weighted by atomic mass is 16.3. The van der Waals surface area contributed by atoms with E-state index in [0.717, 1.165) is 17.1 Å². The molecular formula is C18H21N5O2. The van der Waals surface area contributed by atoms with E-state index < -0.39 is 0 Å². The summed E-state index contributed by atoms with van der Waals surface area (Å²) in [7, 11) is 0. The molecule has 1 unspecified atom stereocenters. The summed E-state index contributed by atoms with van der Waals surface area (Å²) >= 11 is 0. The van der Waals surface area contributed by atoms with Crippen LogP contribution < -0.4 is 11.1 Å². The first-order chi connectivity index (χ1) is 12.0. The lowest BCUT2D eigenvalue weighted by molar-refractivity contribution is -0.121. The van der Waals surface area contributed by atoms with Gasteiger partial charge < -0.3 is 15.5 Å². The van der Waals surface area contributed by atoms with Crippen LogP contribution in [-0.2, 0) is 11.2 Å². The van der Waals surface area contributed by atoms with Crippen molar-refractivity contribution in [1.82, 2.24) is 20.5 Å². The van der Waals surface area contributed by atoms with Crippen LogP contribution >= 0.6 is 0 Å². The maximum absolute atomic E-state index is 12.1. The molecule has 7 nitrogen and oxygen atoms in total. The highest BCUT2D eigenvalue weighted by Crippen LogP contribution is 2.23. The molecule has 1 aromatic carbocycles. The first-order valence-corrected chi connectivity index (χ1v) is 8.14. The van der Waals surface area contributed by atoms with Gasteiger partial charge in [-0.3, -0.25) is 9.89 Å². The number of anilines is 1. The van der Waals surface area contributed by atoms with Crippen LogP contribution in [0, 0.1) is 6.92 Å². The zero-order valence-corrected chi connectivity index (χ0v) is 14.2. The number of nitrogen functional groups attached to an aromatic ring is 1. The lowest BCUT2D eigenvalue weighted by atomic mass is 10.1. The molecule has 4 N–H and O–H groups in total. The van der Waals surface area contributed by atoms with Crippen LogP contribution in [0.4, 0.5) is 5.95 Å². The molecule has 0 fully saturated rings. The third-order valence-corrected chi connectivity index (χ3v) is 3.90. The zero-order valence-electron chi connectivity index (χ0n) is 14.2. The van der Waals surface area contributed by atoms with Crippen molar-refractivity contribution in [3.05, 3.63) is 53.5 Å². The molecule has 7 heteroatoms. The number of aryl methyl sites for hydroxylation is 2. The van der Waals surface area contributed by atoms with Crippen molar-refractivity contribution < 1.29 is 9.21 Å². The van der Waals surface area contributed by atoms with Gasteiger partial charge >= 0.3 is 0 Å². The van der Waals surface area contributed by atoms with E-state index in [1.165, 1.54) is 5.56 Å². The third-order valence-electron chi connectivity index (χ3n) is 3.90. The summed E-state index contributed by atoms with van der Waals surface area (Å²) in [5, 5.41) is 9.30. The number of hydrogen-bond donors (Lipinski definition) is 3. The van der Waals surface area contributed by atoms with Crippen molar-refractivity contribution in [2.45, 2.75) is 32.7 Å². The van der Waals surface area contributed by atoms with E-state index in [1.807, 2.05) is 50.2 Å². The quantitative estimate of drug-likeness (QED) is 0.639. The fourth-order valence-corrected chi connectivity index (χ4v) is 2.49. The van der Waals surface area contributed by atoms with Gasteiger partial charge in [-0.1, -0.05) is 29.8 Å². The van der Waals surface area contributed by atoms with Crippen LogP contribution in [0.5, 0.6) is 0 Å². The molecule has 3 aromatic rings. The molecule has 3 rings (SSSR count).